The number of benzene rings is 2. The van der Waals surface area contributed by atoms with E-state index in [4.69, 9.17) is 0 Å². The number of rotatable bonds is 6. The van der Waals surface area contributed by atoms with Crippen LogP contribution >= 0.6 is 0 Å². The number of nitrogens with one attached hydrogen (secondary N) is 1. The van der Waals surface area contributed by atoms with Gasteiger partial charge in [0, 0.05) is 18.0 Å². The number of aromatic nitrogens is 1. The van der Waals surface area contributed by atoms with Crippen molar-refractivity contribution in [3.8, 4) is 0 Å². The van der Waals surface area contributed by atoms with Crippen molar-refractivity contribution >= 4 is 16.7 Å². The van der Waals surface area contributed by atoms with Gasteiger partial charge in [-0.1, -0.05) is 24.3 Å². The first-order valence-corrected chi connectivity index (χ1v) is 10.3. The van der Waals surface area contributed by atoms with Crippen LogP contribution in [-0.2, 0) is 6.54 Å². The summed E-state index contributed by atoms with van der Waals surface area (Å²) in [5.41, 5.74) is -0.369. The topological polar surface area (TPSA) is 51.1 Å². The maximum Gasteiger partial charge on any atom is 0.263 e. The van der Waals surface area contributed by atoms with Crippen molar-refractivity contribution in [2.45, 2.75) is 45.2 Å². The Bertz CT molecular complexity index is 1260. The Balaban J connectivity index is 1.85. The molecule has 1 aromatic heterocycles. The molecular weight excluding hydrogens is 424 g/mol. The molecule has 8 heteroatoms. The van der Waals surface area contributed by atoms with E-state index >= 15 is 0 Å². The fraction of sp³-hybridized carbons (Fsp3) is 0.333. The van der Waals surface area contributed by atoms with Gasteiger partial charge in [-0.25, -0.2) is 17.6 Å². The standard InChI is InChI=1S/C24H22F4N2O2/c1-13-19(22(31)29-21(14-9-10-14)15-5-3-6-16(25)11-15)17-7-4-8-18(26)20(17)23(32)30(13)12-24(2,27)28/h3-8,11,14,21H,9-10,12H2,1-2H3,(H,29,31)/t21-/m0/s1. The van der Waals surface area contributed by atoms with Gasteiger partial charge in [-0.15, -0.1) is 0 Å². The maximum absolute atomic E-state index is 14.6. The number of amides is 1. The molecule has 0 aliphatic heterocycles. The van der Waals surface area contributed by atoms with E-state index in [9.17, 15) is 27.2 Å². The van der Waals surface area contributed by atoms with Crippen LogP contribution in [-0.4, -0.2) is 16.4 Å². The van der Waals surface area contributed by atoms with Crippen LogP contribution in [0.3, 0.4) is 0 Å². The van der Waals surface area contributed by atoms with E-state index in [1.807, 2.05) is 0 Å². The molecule has 1 saturated carbocycles. The molecule has 2 aromatic carbocycles. The number of hydrogen-bond donors (Lipinski definition) is 1. The van der Waals surface area contributed by atoms with Crippen molar-refractivity contribution < 1.29 is 22.4 Å². The third kappa shape index (κ3) is 4.26. The lowest BCUT2D eigenvalue weighted by molar-refractivity contribution is 0.00244. The minimum absolute atomic E-state index is 0.0147. The molecule has 4 rings (SSSR count). The number of pyridine rings is 1. The normalized spacial score (nSPS) is 15.1. The molecule has 3 aromatic rings. The largest absolute Gasteiger partial charge is 0.345 e. The van der Waals surface area contributed by atoms with Gasteiger partial charge in [-0.3, -0.25) is 9.59 Å². The Morgan fingerprint density at radius 1 is 1.19 bits per heavy atom. The monoisotopic (exact) mass is 446 g/mol. The summed E-state index contributed by atoms with van der Waals surface area (Å²) in [7, 11) is 0. The number of alkyl halides is 2. The molecule has 0 spiro atoms. The average molecular weight is 446 g/mol. The Kier molecular flexibility index (Phi) is 5.56. The maximum atomic E-state index is 14.6. The summed E-state index contributed by atoms with van der Waals surface area (Å²) in [5.74, 6) is -5.11. The molecule has 4 nitrogen and oxygen atoms in total. The second kappa shape index (κ2) is 8.07. The number of hydrogen-bond acceptors (Lipinski definition) is 2. The van der Waals surface area contributed by atoms with E-state index in [0.717, 1.165) is 23.5 Å². The number of fused-ring (bicyclic) bond motifs is 1. The van der Waals surface area contributed by atoms with Crippen molar-refractivity contribution in [1.82, 2.24) is 9.88 Å². The molecule has 0 bridgehead atoms. The van der Waals surface area contributed by atoms with Gasteiger partial charge in [0.1, 0.15) is 11.6 Å². The van der Waals surface area contributed by atoms with E-state index in [2.05, 4.69) is 5.32 Å². The van der Waals surface area contributed by atoms with Crippen LogP contribution in [0, 0.1) is 24.5 Å². The van der Waals surface area contributed by atoms with Crippen molar-refractivity contribution in [2.24, 2.45) is 5.92 Å². The minimum atomic E-state index is -3.25. The molecule has 32 heavy (non-hydrogen) atoms. The smallest absolute Gasteiger partial charge is 0.263 e. The van der Waals surface area contributed by atoms with Crippen LogP contribution in [0.5, 0.6) is 0 Å². The van der Waals surface area contributed by atoms with Gasteiger partial charge >= 0.3 is 0 Å². The predicted octanol–water partition coefficient (Wildman–Crippen LogP) is 5.12. The highest BCUT2D eigenvalue weighted by Gasteiger charge is 2.35. The zero-order valence-corrected chi connectivity index (χ0v) is 17.6. The molecule has 1 aliphatic carbocycles. The highest BCUT2D eigenvalue weighted by Crippen LogP contribution is 2.41. The highest BCUT2D eigenvalue weighted by atomic mass is 19.3. The van der Waals surface area contributed by atoms with Crippen molar-refractivity contribution in [1.29, 1.82) is 0 Å². The summed E-state index contributed by atoms with van der Waals surface area (Å²) in [4.78, 5) is 26.2. The second-order valence-corrected chi connectivity index (χ2v) is 8.43. The third-order valence-corrected chi connectivity index (χ3v) is 5.76. The van der Waals surface area contributed by atoms with E-state index in [1.54, 1.807) is 12.1 Å². The van der Waals surface area contributed by atoms with E-state index in [1.165, 1.54) is 31.2 Å². The molecule has 0 radical (unpaired) electrons. The quantitative estimate of drug-likeness (QED) is 0.534. The Labute approximate surface area is 181 Å². The van der Waals surface area contributed by atoms with Gasteiger partial charge in [0.05, 0.1) is 23.5 Å². The van der Waals surface area contributed by atoms with Crippen LogP contribution in [0.2, 0.25) is 0 Å². The Hall–Kier alpha value is -3.16. The van der Waals surface area contributed by atoms with Gasteiger partial charge in [0.2, 0.25) is 0 Å². The number of carbonyl (C=O) groups is 1. The Morgan fingerprint density at radius 2 is 1.88 bits per heavy atom. The molecule has 1 fully saturated rings. The Morgan fingerprint density at radius 3 is 2.50 bits per heavy atom. The van der Waals surface area contributed by atoms with E-state index in [0.29, 0.717) is 12.5 Å². The molecule has 168 valence electrons. The van der Waals surface area contributed by atoms with Crippen LogP contribution in [0.15, 0.2) is 47.3 Å². The zero-order valence-electron chi connectivity index (χ0n) is 17.6. The van der Waals surface area contributed by atoms with E-state index < -0.39 is 47.0 Å². The third-order valence-electron chi connectivity index (χ3n) is 5.76. The fourth-order valence-electron chi connectivity index (χ4n) is 4.14. The molecule has 0 saturated heterocycles. The molecule has 1 aliphatic rings. The molecule has 0 unspecified atom stereocenters. The fourth-order valence-corrected chi connectivity index (χ4v) is 4.14. The van der Waals surface area contributed by atoms with Gasteiger partial charge in [-0.2, -0.15) is 0 Å². The predicted molar refractivity (Wildman–Crippen MR) is 113 cm³/mol. The molecule has 1 atom stereocenters. The number of carbonyl (C=O) groups excluding carboxylic acids is 1. The van der Waals surface area contributed by atoms with E-state index in [-0.39, 0.29) is 22.6 Å². The molecule has 1 N–H and O–H groups in total. The zero-order chi connectivity index (χ0) is 23.2. The molecule has 1 heterocycles. The second-order valence-electron chi connectivity index (χ2n) is 8.43. The summed E-state index contributed by atoms with van der Waals surface area (Å²) in [6.07, 6.45) is 1.69. The SMILES string of the molecule is Cc1c(C(=O)N[C@H](c2cccc(F)c2)C2CC2)c2cccc(F)c2c(=O)n1CC(C)(F)F. The number of nitrogens with zero attached hydrogens (tertiary/aromatic N) is 1. The van der Waals surface area contributed by atoms with Crippen molar-refractivity contribution in [3.63, 3.8) is 0 Å². The lowest BCUT2D eigenvalue weighted by Gasteiger charge is -2.23. The van der Waals surface area contributed by atoms with Crippen LogP contribution < -0.4 is 10.9 Å². The minimum Gasteiger partial charge on any atom is -0.345 e. The highest BCUT2D eigenvalue weighted by molar-refractivity contribution is 6.08. The van der Waals surface area contributed by atoms with Gasteiger partial charge in [-0.05, 0) is 49.4 Å². The van der Waals surface area contributed by atoms with Gasteiger partial charge < -0.3 is 9.88 Å². The summed E-state index contributed by atoms with van der Waals surface area (Å²) in [6.45, 7) is 1.05. The first-order valence-electron chi connectivity index (χ1n) is 10.3. The summed E-state index contributed by atoms with van der Waals surface area (Å²) >= 11 is 0. The van der Waals surface area contributed by atoms with Gasteiger partial charge in [0.25, 0.3) is 17.4 Å². The molecular formula is C24H22F4N2O2. The first-order chi connectivity index (χ1) is 15.1. The summed E-state index contributed by atoms with van der Waals surface area (Å²) < 4.78 is 56.7. The van der Waals surface area contributed by atoms with Crippen molar-refractivity contribution in [3.05, 3.63) is 81.3 Å². The summed E-state index contributed by atoms with van der Waals surface area (Å²) in [6, 6.07) is 9.23. The van der Waals surface area contributed by atoms with Crippen LogP contribution in [0.25, 0.3) is 10.8 Å². The first kappa shape index (κ1) is 22.0. The van der Waals surface area contributed by atoms with Gasteiger partial charge in [0.15, 0.2) is 0 Å². The van der Waals surface area contributed by atoms with Crippen LogP contribution in [0.1, 0.15) is 47.4 Å². The van der Waals surface area contributed by atoms with Crippen molar-refractivity contribution in [2.75, 3.05) is 0 Å². The average Bonchev–Trinajstić information content (AvgIpc) is 3.54. The molecule has 1 amide bonds. The lowest BCUT2D eigenvalue weighted by Crippen LogP contribution is -2.36. The number of halogens is 4. The lowest BCUT2D eigenvalue weighted by atomic mass is 9.99. The van der Waals surface area contributed by atoms with Crippen LogP contribution in [0.4, 0.5) is 17.6 Å². The summed E-state index contributed by atoms with van der Waals surface area (Å²) in [5, 5.41) is 2.50.